The number of hydrogen-bond acceptors (Lipinski definition) is 4. The topological polar surface area (TPSA) is 67.7 Å². The van der Waals surface area contributed by atoms with Crippen LogP contribution in [0.5, 0.6) is 5.75 Å². The van der Waals surface area contributed by atoms with Crippen LogP contribution in [0.15, 0.2) is 67.0 Å². The number of imidazole rings is 1. The molecule has 4 rings (SSSR count). The minimum absolute atomic E-state index is 0.0321. The molecule has 0 bridgehead atoms. The first-order valence-corrected chi connectivity index (χ1v) is 13.2. The van der Waals surface area contributed by atoms with Gasteiger partial charge in [0, 0.05) is 62.4 Å². The third kappa shape index (κ3) is 7.13. The molecule has 1 aliphatic rings. The van der Waals surface area contributed by atoms with E-state index in [1.54, 1.807) is 23.2 Å². The molecule has 1 aliphatic heterocycles. The summed E-state index contributed by atoms with van der Waals surface area (Å²) in [5.74, 6) is 1.62. The van der Waals surface area contributed by atoms with Crippen molar-refractivity contribution in [3.05, 3.63) is 83.4 Å². The van der Waals surface area contributed by atoms with Gasteiger partial charge in [-0.25, -0.2) is 4.98 Å². The zero-order chi connectivity index (χ0) is 26.3. The fraction of sp³-hybridized carbons (Fsp3) is 0.414. The number of carbonyl (C=O) groups is 2. The molecule has 0 N–H and O–H groups in total. The fourth-order valence-corrected chi connectivity index (χ4v) is 5.15. The number of likely N-dealkylation sites (tertiary alicyclic amines) is 1. The Balaban J connectivity index is 1.50. The van der Waals surface area contributed by atoms with Crippen LogP contribution >= 0.6 is 11.6 Å². The molecule has 2 heterocycles. The van der Waals surface area contributed by atoms with E-state index < -0.39 is 5.41 Å². The minimum Gasteiger partial charge on any atom is -0.493 e. The molecule has 7 nitrogen and oxygen atoms in total. The second-order valence-electron chi connectivity index (χ2n) is 9.90. The predicted molar refractivity (Wildman–Crippen MR) is 144 cm³/mol. The predicted octanol–water partition coefficient (Wildman–Crippen LogP) is 4.84. The zero-order valence-corrected chi connectivity index (χ0v) is 22.4. The molecule has 0 radical (unpaired) electrons. The van der Waals surface area contributed by atoms with Crippen molar-refractivity contribution >= 4 is 23.4 Å². The van der Waals surface area contributed by atoms with Crippen LogP contribution in [0.3, 0.4) is 0 Å². The monoisotopic (exact) mass is 522 g/mol. The van der Waals surface area contributed by atoms with Crippen molar-refractivity contribution in [3.63, 3.8) is 0 Å². The summed E-state index contributed by atoms with van der Waals surface area (Å²) in [7, 11) is 1.83. The van der Waals surface area contributed by atoms with Crippen LogP contribution in [-0.2, 0) is 29.1 Å². The van der Waals surface area contributed by atoms with Crippen LogP contribution < -0.4 is 4.74 Å². The number of halogens is 1. The van der Waals surface area contributed by atoms with Crippen molar-refractivity contribution in [1.82, 2.24) is 19.4 Å². The van der Waals surface area contributed by atoms with Crippen molar-refractivity contribution in [2.75, 3.05) is 26.7 Å². The van der Waals surface area contributed by atoms with E-state index in [4.69, 9.17) is 16.3 Å². The number of nitrogens with zero attached hydrogens (tertiary/aromatic N) is 4. The molecule has 3 aromatic rings. The zero-order valence-electron chi connectivity index (χ0n) is 21.6. The number of rotatable bonds is 10. The Morgan fingerprint density at radius 1 is 1.16 bits per heavy atom. The SMILES string of the molecule is CCc1nccn1CC(=O)N1CCC[C@@](COc2cccc(Cl)c2)(CC(=O)N(C)Cc2ccccc2)C1. The fourth-order valence-electron chi connectivity index (χ4n) is 4.97. The summed E-state index contributed by atoms with van der Waals surface area (Å²) >= 11 is 6.16. The molecule has 0 aliphatic carbocycles. The van der Waals surface area contributed by atoms with Gasteiger partial charge in [-0.05, 0) is 36.6 Å². The third-order valence-electron chi connectivity index (χ3n) is 6.99. The van der Waals surface area contributed by atoms with Gasteiger partial charge >= 0.3 is 0 Å². The summed E-state index contributed by atoms with van der Waals surface area (Å²) in [5, 5.41) is 0.595. The van der Waals surface area contributed by atoms with Gasteiger partial charge in [0.25, 0.3) is 0 Å². The highest BCUT2D eigenvalue weighted by Crippen LogP contribution is 2.36. The Labute approximate surface area is 224 Å². The Morgan fingerprint density at radius 2 is 1.97 bits per heavy atom. The van der Waals surface area contributed by atoms with E-state index in [1.165, 1.54) is 0 Å². The number of ether oxygens (including phenoxy) is 1. The van der Waals surface area contributed by atoms with Crippen molar-refractivity contribution in [1.29, 1.82) is 0 Å². The van der Waals surface area contributed by atoms with Gasteiger partial charge in [0.2, 0.25) is 11.8 Å². The lowest BCUT2D eigenvalue weighted by molar-refractivity contribution is -0.141. The summed E-state index contributed by atoms with van der Waals surface area (Å²) in [6.45, 7) is 4.27. The van der Waals surface area contributed by atoms with E-state index in [9.17, 15) is 9.59 Å². The average molecular weight is 523 g/mol. The second-order valence-corrected chi connectivity index (χ2v) is 10.3. The molecule has 0 unspecified atom stereocenters. The third-order valence-corrected chi connectivity index (χ3v) is 7.23. The normalized spacial score (nSPS) is 17.4. The van der Waals surface area contributed by atoms with Gasteiger partial charge in [0.1, 0.15) is 18.1 Å². The molecule has 196 valence electrons. The van der Waals surface area contributed by atoms with Gasteiger partial charge in [-0.3, -0.25) is 9.59 Å². The Kier molecular flexibility index (Phi) is 8.87. The highest BCUT2D eigenvalue weighted by Gasteiger charge is 2.40. The molecule has 1 atom stereocenters. The molecule has 0 spiro atoms. The van der Waals surface area contributed by atoms with Crippen LogP contribution in [0.1, 0.15) is 37.6 Å². The lowest BCUT2D eigenvalue weighted by atomic mass is 9.77. The number of aromatic nitrogens is 2. The standard InChI is InChI=1S/C29H35ClN4O3/c1-3-26-31-14-16-33(26)20-28(36)34-15-8-13-29(21-34,22-37-25-12-7-11-24(30)17-25)18-27(35)32(2)19-23-9-5-4-6-10-23/h4-7,9-12,14,16-17H,3,8,13,15,18-22H2,1-2H3/t29-/m1/s1. The van der Waals surface area contributed by atoms with Gasteiger partial charge in [0.05, 0.1) is 6.61 Å². The number of hydrogen-bond donors (Lipinski definition) is 0. The van der Waals surface area contributed by atoms with E-state index >= 15 is 0 Å². The van der Waals surface area contributed by atoms with E-state index in [0.29, 0.717) is 43.4 Å². The van der Waals surface area contributed by atoms with Crippen LogP contribution in [0, 0.1) is 5.41 Å². The molecule has 37 heavy (non-hydrogen) atoms. The van der Waals surface area contributed by atoms with Gasteiger partial charge in [-0.1, -0.05) is 54.9 Å². The molecule has 1 fully saturated rings. The molecule has 1 aromatic heterocycles. The first-order chi connectivity index (χ1) is 17.9. The lowest BCUT2D eigenvalue weighted by Gasteiger charge is -2.43. The van der Waals surface area contributed by atoms with E-state index in [0.717, 1.165) is 30.7 Å². The number of aryl methyl sites for hydroxylation is 1. The summed E-state index contributed by atoms with van der Waals surface area (Å²) < 4.78 is 8.09. The minimum atomic E-state index is -0.499. The largest absolute Gasteiger partial charge is 0.493 e. The van der Waals surface area contributed by atoms with Gasteiger partial charge in [0.15, 0.2) is 0 Å². The molecule has 2 amide bonds. The smallest absolute Gasteiger partial charge is 0.242 e. The number of benzene rings is 2. The van der Waals surface area contributed by atoms with Crippen molar-refractivity contribution in [2.45, 2.75) is 45.7 Å². The van der Waals surface area contributed by atoms with Gasteiger partial charge in [-0.15, -0.1) is 0 Å². The van der Waals surface area contributed by atoms with E-state index in [2.05, 4.69) is 4.98 Å². The highest BCUT2D eigenvalue weighted by atomic mass is 35.5. The van der Waals surface area contributed by atoms with Gasteiger partial charge < -0.3 is 19.1 Å². The number of piperidine rings is 1. The van der Waals surface area contributed by atoms with Crippen molar-refractivity contribution in [2.24, 2.45) is 5.41 Å². The molecule has 1 saturated heterocycles. The Morgan fingerprint density at radius 3 is 2.73 bits per heavy atom. The van der Waals surface area contributed by atoms with Crippen molar-refractivity contribution < 1.29 is 14.3 Å². The van der Waals surface area contributed by atoms with Crippen LogP contribution in [-0.4, -0.2) is 57.9 Å². The van der Waals surface area contributed by atoms with E-state index in [1.807, 2.05) is 72.1 Å². The summed E-state index contributed by atoms with van der Waals surface area (Å²) in [5.41, 5.74) is 0.580. The molecule has 8 heteroatoms. The van der Waals surface area contributed by atoms with Crippen LogP contribution in [0.25, 0.3) is 0 Å². The highest BCUT2D eigenvalue weighted by molar-refractivity contribution is 6.30. The maximum Gasteiger partial charge on any atom is 0.242 e. The Hall–Kier alpha value is -3.32. The van der Waals surface area contributed by atoms with Crippen LogP contribution in [0.2, 0.25) is 5.02 Å². The van der Waals surface area contributed by atoms with E-state index in [-0.39, 0.29) is 18.4 Å². The molecule has 0 saturated carbocycles. The number of amides is 2. The maximum atomic E-state index is 13.4. The quantitative estimate of drug-likeness (QED) is 0.382. The maximum absolute atomic E-state index is 13.4. The summed E-state index contributed by atoms with van der Waals surface area (Å²) in [6.07, 6.45) is 6.25. The second kappa shape index (κ2) is 12.3. The molecular formula is C29H35ClN4O3. The summed E-state index contributed by atoms with van der Waals surface area (Å²) in [6, 6.07) is 17.2. The first kappa shape index (κ1) is 26.7. The molecule has 2 aromatic carbocycles. The van der Waals surface area contributed by atoms with Gasteiger partial charge in [-0.2, -0.15) is 0 Å². The van der Waals surface area contributed by atoms with Crippen molar-refractivity contribution in [3.8, 4) is 5.75 Å². The van der Waals surface area contributed by atoms with Crippen LogP contribution in [0.4, 0.5) is 0 Å². The Bertz CT molecular complexity index is 1200. The molecular weight excluding hydrogens is 488 g/mol. The first-order valence-electron chi connectivity index (χ1n) is 12.8. The number of carbonyl (C=O) groups excluding carboxylic acids is 2. The lowest BCUT2D eigenvalue weighted by Crippen LogP contribution is -2.51. The summed E-state index contributed by atoms with van der Waals surface area (Å²) in [4.78, 5) is 34.7. The average Bonchev–Trinajstić information content (AvgIpc) is 3.35.